The second-order valence-electron chi connectivity index (χ2n) is 5.77. The second-order valence-corrected chi connectivity index (χ2v) is 6.18. The molecule has 1 aromatic heterocycles. The molecular formula is C19H15ClF3N3. The van der Waals surface area contributed by atoms with Crippen LogP contribution in [0.3, 0.4) is 0 Å². The molecule has 0 bridgehead atoms. The lowest BCUT2D eigenvalue weighted by molar-refractivity contribution is -0.137. The smallest absolute Gasteiger partial charge is 0.364 e. The Kier molecular flexibility index (Phi) is 5.13. The number of aromatic nitrogens is 2. The molecular weight excluding hydrogens is 363 g/mol. The molecule has 7 heteroatoms. The molecule has 0 aliphatic heterocycles. The van der Waals surface area contributed by atoms with Crippen molar-refractivity contribution in [3.05, 3.63) is 76.4 Å². The van der Waals surface area contributed by atoms with Crippen molar-refractivity contribution in [1.29, 1.82) is 0 Å². The van der Waals surface area contributed by atoms with Crippen molar-refractivity contribution in [3.8, 4) is 11.1 Å². The highest BCUT2D eigenvalue weighted by atomic mass is 35.5. The summed E-state index contributed by atoms with van der Waals surface area (Å²) in [5.41, 5.74) is 1.73. The lowest BCUT2D eigenvalue weighted by atomic mass is 10.0. The molecule has 3 rings (SSSR count). The SMILES string of the molecule is Cc1cc(-c2cccc(C(F)(F)F)c2)c(NCc2ccccc2Cl)nn1. The van der Waals surface area contributed by atoms with Crippen LogP contribution >= 0.6 is 11.6 Å². The van der Waals surface area contributed by atoms with E-state index in [1.165, 1.54) is 6.07 Å². The first-order valence-electron chi connectivity index (χ1n) is 7.84. The topological polar surface area (TPSA) is 37.8 Å². The molecule has 134 valence electrons. The number of nitrogens with zero attached hydrogens (tertiary/aromatic N) is 2. The zero-order valence-electron chi connectivity index (χ0n) is 13.8. The zero-order valence-corrected chi connectivity index (χ0v) is 14.6. The van der Waals surface area contributed by atoms with Crippen molar-refractivity contribution in [2.24, 2.45) is 0 Å². The third-order valence-corrected chi connectivity index (χ3v) is 4.19. The largest absolute Gasteiger partial charge is 0.416 e. The first-order valence-corrected chi connectivity index (χ1v) is 8.21. The van der Waals surface area contributed by atoms with Crippen LogP contribution < -0.4 is 5.32 Å². The molecule has 0 amide bonds. The minimum Gasteiger partial charge on any atom is -0.364 e. The van der Waals surface area contributed by atoms with Crippen molar-refractivity contribution in [2.45, 2.75) is 19.6 Å². The number of aryl methyl sites for hydroxylation is 1. The van der Waals surface area contributed by atoms with E-state index in [0.717, 1.165) is 17.7 Å². The van der Waals surface area contributed by atoms with Gasteiger partial charge in [0.2, 0.25) is 0 Å². The Bertz CT molecular complexity index is 926. The van der Waals surface area contributed by atoms with Gasteiger partial charge in [0.15, 0.2) is 5.82 Å². The van der Waals surface area contributed by atoms with E-state index in [1.54, 1.807) is 25.1 Å². The van der Waals surface area contributed by atoms with Crippen LogP contribution in [0.2, 0.25) is 5.02 Å². The molecule has 0 aliphatic carbocycles. The van der Waals surface area contributed by atoms with Gasteiger partial charge in [-0.3, -0.25) is 0 Å². The van der Waals surface area contributed by atoms with Gasteiger partial charge >= 0.3 is 6.18 Å². The number of hydrogen-bond donors (Lipinski definition) is 1. The number of halogens is 4. The predicted octanol–water partition coefficient (Wildman–Crippen LogP) is 5.74. The van der Waals surface area contributed by atoms with Gasteiger partial charge in [-0.05, 0) is 42.3 Å². The molecule has 0 spiro atoms. The Morgan fingerprint density at radius 3 is 2.50 bits per heavy atom. The quantitative estimate of drug-likeness (QED) is 0.630. The van der Waals surface area contributed by atoms with Gasteiger partial charge in [0.25, 0.3) is 0 Å². The van der Waals surface area contributed by atoms with Gasteiger partial charge in [-0.25, -0.2) is 0 Å². The standard InChI is InChI=1S/C19H15ClF3N3/c1-12-9-16(13-6-4-7-15(10-13)19(21,22)23)18(26-25-12)24-11-14-5-2-3-8-17(14)20/h2-10H,11H2,1H3,(H,24,26). The van der Waals surface area contributed by atoms with Gasteiger partial charge in [-0.1, -0.05) is 41.9 Å². The summed E-state index contributed by atoms with van der Waals surface area (Å²) in [6, 6.07) is 14.2. The predicted molar refractivity (Wildman–Crippen MR) is 96.0 cm³/mol. The van der Waals surface area contributed by atoms with E-state index < -0.39 is 11.7 Å². The summed E-state index contributed by atoms with van der Waals surface area (Å²) in [6.07, 6.45) is -4.41. The van der Waals surface area contributed by atoms with E-state index in [4.69, 9.17) is 11.6 Å². The third-order valence-electron chi connectivity index (χ3n) is 3.82. The van der Waals surface area contributed by atoms with Crippen LogP contribution in [0, 0.1) is 6.92 Å². The summed E-state index contributed by atoms with van der Waals surface area (Å²) in [5.74, 6) is 0.398. The number of rotatable bonds is 4. The molecule has 1 heterocycles. The van der Waals surface area contributed by atoms with Gasteiger partial charge in [0, 0.05) is 17.1 Å². The summed E-state index contributed by atoms with van der Waals surface area (Å²) in [6.45, 7) is 2.12. The average molecular weight is 378 g/mol. The minimum absolute atomic E-state index is 0.378. The molecule has 0 saturated heterocycles. The van der Waals surface area contributed by atoms with Gasteiger partial charge in [-0.15, -0.1) is 5.10 Å². The van der Waals surface area contributed by atoms with Crippen LogP contribution in [0.1, 0.15) is 16.8 Å². The number of benzene rings is 2. The Morgan fingerprint density at radius 2 is 1.77 bits per heavy atom. The van der Waals surface area contributed by atoms with E-state index in [1.807, 2.05) is 18.2 Å². The lowest BCUT2D eigenvalue weighted by Gasteiger charge is -2.13. The third kappa shape index (κ3) is 4.14. The van der Waals surface area contributed by atoms with E-state index in [2.05, 4.69) is 15.5 Å². The van der Waals surface area contributed by atoms with E-state index in [0.29, 0.717) is 34.2 Å². The highest BCUT2D eigenvalue weighted by Crippen LogP contribution is 2.34. The van der Waals surface area contributed by atoms with Gasteiger partial charge < -0.3 is 5.32 Å². The normalized spacial score (nSPS) is 11.4. The molecule has 0 fully saturated rings. The van der Waals surface area contributed by atoms with Crippen LogP contribution in [0.25, 0.3) is 11.1 Å². The molecule has 0 aliphatic rings. The Hall–Kier alpha value is -2.60. The number of hydrogen-bond acceptors (Lipinski definition) is 3. The fourth-order valence-electron chi connectivity index (χ4n) is 2.52. The van der Waals surface area contributed by atoms with Gasteiger partial charge in [-0.2, -0.15) is 18.3 Å². The first-order chi connectivity index (χ1) is 12.3. The van der Waals surface area contributed by atoms with Crippen LogP contribution in [0.4, 0.5) is 19.0 Å². The molecule has 2 aromatic carbocycles. The molecule has 3 nitrogen and oxygen atoms in total. The van der Waals surface area contributed by atoms with Gasteiger partial charge in [0.05, 0.1) is 11.3 Å². The maximum absolute atomic E-state index is 13.0. The summed E-state index contributed by atoms with van der Waals surface area (Å²) < 4.78 is 39.1. The Morgan fingerprint density at radius 1 is 1.00 bits per heavy atom. The highest BCUT2D eigenvalue weighted by Gasteiger charge is 2.30. The van der Waals surface area contributed by atoms with Crippen molar-refractivity contribution < 1.29 is 13.2 Å². The fraction of sp³-hybridized carbons (Fsp3) is 0.158. The van der Waals surface area contributed by atoms with Crippen molar-refractivity contribution in [3.63, 3.8) is 0 Å². The molecule has 3 aromatic rings. The number of anilines is 1. The summed E-state index contributed by atoms with van der Waals surface area (Å²) in [7, 11) is 0. The number of alkyl halides is 3. The van der Waals surface area contributed by atoms with E-state index in [-0.39, 0.29) is 0 Å². The highest BCUT2D eigenvalue weighted by molar-refractivity contribution is 6.31. The monoisotopic (exact) mass is 377 g/mol. The fourth-order valence-corrected chi connectivity index (χ4v) is 2.73. The lowest BCUT2D eigenvalue weighted by Crippen LogP contribution is -2.07. The molecule has 1 N–H and O–H groups in total. The van der Waals surface area contributed by atoms with Crippen molar-refractivity contribution >= 4 is 17.4 Å². The molecule has 0 atom stereocenters. The van der Waals surface area contributed by atoms with Crippen LogP contribution in [0.5, 0.6) is 0 Å². The average Bonchev–Trinajstić information content (AvgIpc) is 2.61. The first kappa shape index (κ1) is 18.2. The molecule has 26 heavy (non-hydrogen) atoms. The van der Waals surface area contributed by atoms with Crippen LogP contribution in [-0.2, 0) is 12.7 Å². The molecule has 0 radical (unpaired) electrons. The van der Waals surface area contributed by atoms with E-state index in [9.17, 15) is 13.2 Å². The summed E-state index contributed by atoms with van der Waals surface area (Å²) in [5, 5.41) is 11.8. The van der Waals surface area contributed by atoms with Gasteiger partial charge in [0.1, 0.15) is 0 Å². The summed E-state index contributed by atoms with van der Waals surface area (Å²) in [4.78, 5) is 0. The maximum Gasteiger partial charge on any atom is 0.416 e. The van der Waals surface area contributed by atoms with Crippen LogP contribution in [-0.4, -0.2) is 10.2 Å². The second kappa shape index (κ2) is 7.33. The van der Waals surface area contributed by atoms with Crippen LogP contribution in [0.15, 0.2) is 54.6 Å². The van der Waals surface area contributed by atoms with Crippen molar-refractivity contribution in [2.75, 3.05) is 5.32 Å². The van der Waals surface area contributed by atoms with E-state index >= 15 is 0 Å². The molecule has 0 saturated carbocycles. The van der Waals surface area contributed by atoms with Crippen molar-refractivity contribution in [1.82, 2.24) is 10.2 Å². The zero-order chi connectivity index (χ0) is 18.7. The number of nitrogens with one attached hydrogen (secondary N) is 1. The summed E-state index contributed by atoms with van der Waals surface area (Å²) >= 11 is 6.14. The maximum atomic E-state index is 13.0. The Labute approximate surface area is 153 Å². The molecule has 0 unspecified atom stereocenters. The Balaban J connectivity index is 1.95. The minimum atomic E-state index is -4.41.